The van der Waals surface area contributed by atoms with Crippen LogP contribution in [-0.4, -0.2) is 16.6 Å². The maximum Gasteiger partial charge on any atom is 0.0832 e. The Morgan fingerprint density at radius 1 is 0.950 bits per heavy atom. The van der Waals surface area contributed by atoms with Crippen LogP contribution in [0.2, 0.25) is 0 Å². The summed E-state index contributed by atoms with van der Waals surface area (Å²) in [5, 5.41) is 7.68. The molecule has 0 bridgehead atoms. The largest absolute Gasteiger partial charge is 0.309 e. The maximum absolute atomic E-state index is 4.28. The van der Waals surface area contributed by atoms with Crippen LogP contribution in [-0.2, 0) is 0 Å². The fraction of sp³-hybridized carbons (Fsp3) is 0.500. The minimum absolute atomic E-state index is 0.175. The predicted molar refractivity (Wildman–Crippen MR) is 85.4 cm³/mol. The van der Waals surface area contributed by atoms with Crippen LogP contribution in [0.5, 0.6) is 0 Å². The monoisotopic (exact) mass is 289 g/mol. The highest BCUT2D eigenvalue weighted by atomic mass is 32.1. The van der Waals surface area contributed by atoms with Gasteiger partial charge < -0.3 is 5.32 Å². The lowest BCUT2D eigenvalue weighted by molar-refractivity contribution is 0.678. The van der Waals surface area contributed by atoms with Crippen molar-refractivity contribution in [2.75, 3.05) is 7.05 Å². The van der Waals surface area contributed by atoms with Gasteiger partial charge in [-0.25, -0.2) is 0 Å². The Hall–Kier alpha value is -1.26. The second kappa shape index (κ2) is 6.46. The number of rotatable bonds is 5. The summed E-state index contributed by atoms with van der Waals surface area (Å²) >= 11 is 1.49. The number of benzene rings is 1. The molecule has 0 spiro atoms. The van der Waals surface area contributed by atoms with E-state index in [0.29, 0.717) is 11.8 Å². The van der Waals surface area contributed by atoms with Crippen molar-refractivity contribution in [2.45, 2.75) is 45.6 Å². The average molecular weight is 289 g/mol. The van der Waals surface area contributed by atoms with Gasteiger partial charge >= 0.3 is 0 Å². The summed E-state index contributed by atoms with van der Waals surface area (Å²) in [5.74, 6) is 0.961. The molecule has 1 atom stereocenters. The highest BCUT2D eigenvalue weighted by Crippen LogP contribution is 2.31. The topological polar surface area (TPSA) is 37.8 Å². The number of aromatic nitrogens is 2. The van der Waals surface area contributed by atoms with Crippen molar-refractivity contribution in [3.63, 3.8) is 0 Å². The van der Waals surface area contributed by atoms with Crippen molar-refractivity contribution in [3.8, 4) is 0 Å². The average Bonchev–Trinajstić information content (AvgIpc) is 2.89. The summed E-state index contributed by atoms with van der Waals surface area (Å²) < 4.78 is 4.14. The van der Waals surface area contributed by atoms with Gasteiger partial charge in [0.2, 0.25) is 0 Å². The second-order valence-electron chi connectivity index (χ2n) is 5.72. The Labute approximate surface area is 125 Å². The summed E-state index contributed by atoms with van der Waals surface area (Å²) in [6, 6.07) is 9.02. The van der Waals surface area contributed by atoms with Crippen molar-refractivity contribution < 1.29 is 0 Å². The molecule has 1 unspecified atom stereocenters. The number of nitrogens with zero attached hydrogens (tertiary/aromatic N) is 2. The Bertz CT molecular complexity index is 543. The van der Waals surface area contributed by atoms with Crippen LogP contribution < -0.4 is 5.32 Å². The van der Waals surface area contributed by atoms with E-state index in [1.54, 1.807) is 0 Å². The van der Waals surface area contributed by atoms with Crippen LogP contribution >= 0.6 is 11.5 Å². The molecule has 1 heterocycles. The van der Waals surface area contributed by atoms with Gasteiger partial charge in [-0.2, -0.15) is 0 Å². The third kappa shape index (κ3) is 3.07. The molecule has 3 nitrogen and oxygen atoms in total. The van der Waals surface area contributed by atoms with Gasteiger partial charge in [0.15, 0.2) is 0 Å². The van der Waals surface area contributed by atoms with Crippen molar-refractivity contribution in [2.24, 2.45) is 0 Å². The molecular formula is C16H23N3S. The van der Waals surface area contributed by atoms with E-state index in [1.807, 2.05) is 7.05 Å². The zero-order valence-corrected chi connectivity index (χ0v) is 13.7. The minimum atomic E-state index is 0.175. The first-order chi connectivity index (χ1) is 9.54. The molecule has 2 rings (SSSR count). The summed E-state index contributed by atoms with van der Waals surface area (Å²) in [4.78, 5) is 1.22. The van der Waals surface area contributed by atoms with Crippen LogP contribution in [0.3, 0.4) is 0 Å². The normalized spacial score (nSPS) is 13.2. The third-order valence-corrected chi connectivity index (χ3v) is 4.38. The van der Waals surface area contributed by atoms with Gasteiger partial charge in [0.1, 0.15) is 0 Å². The summed E-state index contributed by atoms with van der Waals surface area (Å²) in [6.45, 7) is 8.76. The highest BCUT2D eigenvalue weighted by Gasteiger charge is 2.21. The minimum Gasteiger partial charge on any atom is -0.309 e. The quantitative estimate of drug-likeness (QED) is 0.900. The molecule has 4 heteroatoms. The summed E-state index contributed by atoms with van der Waals surface area (Å²) in [7, 11) is 1.99. The molecule has 1 aromatic heterocycles. The Morgan fingerprint density at radius 3 is 2.05 bits per heavy atom. The molecular weight excluding hydrogens is 266 g/mol. The van der Waals surface area contributed by atoms with Gasteiger partial charge in [-0.05, 0) is 41.5 Å². The number of hydrogen-bond donors (Lipinski definition) is 1. The fourth-order valence-electron chi connectivity index (χ4n) is 2.33. The number of nitrogens with one attached hydrogen (secondary N) is 1. The maximum atomic E-state index is 4.28. The highest BCUT2D eigenvalue weighted by molar-refractivity contribution is 7.05. The van der Waals surface area contributed by atoms with E-state index in [4.69, 9.17) is 0 Å². The molecule has 0 aliphatic carbocycles. The first kappa shape index (κ1) is 15.1. The van der Waals surface area contributed by atoms with Crippen LogP contribution in [0.15, 0.2) is 24.3 Å². The zero-order chi connectivity index (χ0) is 14.7. The van der Waals surface area contributed by atoms with E-state index >= 15 is 0 Å². The standard InChI is InChI=1S/C16H23N3S/c1-10(2)12-6-8-13(9-7-12)15(17-5)16-14(11(3)4)18-19-20-16/h6-11,15,17H,1-5H3. The van der Waals surface area contributed by atoms with Crippen molar-refractivity contribution in [1.82, 2.24) is 14.9 Å². The Kier molecular flexibility index (Phi) is 4.89. The van der Waals surface area contributed by atoms with Gasteiger partial charge in [-0.15, -0.1) is 5.10 Å². The second-order valence-corrected chi connectivity index (χ2v) is 6.51. The molecule has 0 aliphatic rings. The molecule has 20 heavy (non-hydrogen) atoms. The Balaban J connectivity index is 2.34. The lowest BCUT2D eigenvalue weighted by Crippen LogP contribution is -2.18. The number of hydrogen-bond acceptors (Lipinski definition) is 4. The van der Waals surface area contributed by atoms with Crippen LogP contribution in [0.25, 0.3) is 0 Å². The smallest absolute Gasteiger partial charge is 0.0832 e. The van der Waals surface area contributed by atoms with Crippen LogP contribution in [0, 0.1) is 0 Å². The van der Waals surface area contributed by atoms with Crippen LogP contribution in [0.4, 0.5) is 0 Å². The lowest BCUT2D eigenvalue weighted by Gasteiger charge is -2.18. The molecule has 1 aromatic carbocycles. The fourth-order valence-corrected chi connectivity index (χ4v) is 3.27. The van der Waals surface area contributed by atoms with Gasteiger partial charge in [0, 0.05) is 0 Å². The van der Waals surface area contributed by atoms with E-state index in [1.165, 1.54) is 27.5 Å². The molecule has 0 saturated carbocycles. The van der Waals surface area contributed by atoms with Gasteiger partial charge in [-0.3, -0.25) is 0 Å². The molecule has 1 N–H and O–H groups in total. The zero-order valence-electron chi connectivity index (χ0n) is 12.8. The van der Waals surface area contributed by atoms with Gasteiger partial charge in [0.25, 0.3) is 0 Å². The SMILES string of the molecule is CNC(c1ccc(C(C)C)cc1)c1snnc1C(C)C. The summed E-state index contributed by atoms with van der Waals surface area (Å²) in [5.41, 5.74) is 3.74. The molecule has 2 aromatic rings. The Morgan fingerprint density at radius 2 is 1.55 bits per heavy atom. The van der Waals surface area contributed by atoms with E-state index < -0.39 is 0 Å². The molecule has 108 valence electrons. The van der Waals surface area contributed by atoms with E-state index in [0.717, 1.165) is 5.69 Å². The molecule has 0 saturated heterocycles. The van der Waals surface area contributed by atoms with Gasteiger partial charge in [0.05, 0.1) is 16.6 Å². The van der Waals surface area contributed by atoms with E-state index in [2.05, 4.69) is 66.9 Å². The van der Waals surface area contributed by atoms with Crippen LogP contribution in [0.1, 0.15) is 67.3 Å². The predicted octanol–water partition coefficient (Wildman–Crippen LogP) is 4.09. The van der Waals surface area contributed by atoms with Gasteiger partial charge in [-0.1, -0.05) is 56.4 Å². The molecule has 0 radical (unpaired) electrons. The lowest BCUT2D eigenvalue weighted by atomic mass is 9.96. The van der Waals surface area contributed by atoms with Crippen molar-refractivity contribution in [3.05, 3.63) is 46.0 Å². The first-order valence-electron chi connectivity index (χ1n) is 7.13. The van der Waals surface area contributed by atoms with E-state index in [-0.39, 0.29) is 6.04 Å². The van der Waals surface area contributed by atoms with E-state index in [9.17, 15) is 0 Å². The third-order valence-electron chi connectivity index (χ3n) is 3.57. The molecule has 0 amide bonds. The van der Waals surface area contributed by atoms with Crippen molar-refractivity contribution in [1.29, 1.82) is 0 Å². The summed E-state index contributed by atoms with van der Waals surface area (Å²) in [6.07, 6.45) is 0. The van der Waals surface area contributed by atoms with Crippen molar-refractivity contribution >= 4 is 11.5 Å². The first-order valence-corrected chi connectivity index (χ1v) is 7.91. The molecule has 0 aliphatic heterocycles. The molecule has 0 fully saturated rings.